The Labute approximate surface area is 246 Å². The van der Waals surface area contributed by atoms with Gasteiger partial charge in [0, 0.05) is 30.6 Å². The number of aliphatic hydroxyl groups is 6. The van der Waals surface area contributed by atoms with Gasteiger partial charge in [-0.2, -0.15) is 0 Å². The van der Waals surface area contributed by atoms with Crippen LogP contribution < -0.4 is 33.6 Å². The summed E-state index contributed by atoms with van der Waals surface area (Å²) in [6.45, 7) is 1.59. The molecular formula is C26H52N6O10. The van der Waals surface area contributed by atoms with E-state index in [1.807, 2.05) is 0 Å². The van der Waals surface area contributed by atoms with E-state index >= 15 is 0 Å². The van der Waals surface area contributed by atoms with Crippen LogP contribution in [0.3, 0.4) is 0 Å². The number of ether oxygens (including phenoxy) is 4. The third-order valence-corrected chi connectivity index (χ3v) is 8.28. The number of nitrogens with one attached hydrogen (secondary N) is 2. The summed E-state index contributed by atoms with van der Waals surface area (Å²) in [6, 6.07) is -2.24. The normalized spacial score (nSPS) is 38.6. The number of likely N-dealkylation sites (N-methyl/N-ethyl adjacent to an activating group) is 1. The van der Waals surface area contributed by atoms with Crippen LogP contribution in [0.5, 0.6) is 0 Å². The highest BCUT2D eigenvalue weighted by molar-refractivity contribution is 5.07. The van der Waals surface area contributed by atoms with Gasteiger partial charge in [-0.25, -0.2) is 0 Å². The van der Waals surface area contributed by atoms with E-state index in [0.717, 1.165) is 25.7 Å². The summed E-state index contributed by atoms with van der Waals surface area (Å²) in [4.78, 5) is 0. The molecule has 13 atom stereocenters. The lowest BCUT2D eigenvalue weighted by Gasteiger charge is -2.41. The predicted molar refractivity (Wildman–Crippen MR) is 150 cm³/mol. The molecule has 3 fully saturated rings. The zero-order valence-corrected chi connectivity index (χ0v) is 24.4. The van der Waals surface area contributed by atoms with Crippen LogP contribution in [0, 0.1) is 0 Å². The van der Waals surface area contributed by atoms with Crippen LogP contribution >= 0.6 is 0 Å². The first-order valence-corrected chi connectivity index (χ1v) is 14.6. The van der Waals surface area contributed by atoms with Gasteiger partial charge in [0.2, 0.25) is 0 Å². The van der Waals surface area contributed by atoms with Gasteiger partial charge in [0.25, 0.3) is 0 Å². The van der Waals surface area contributed by atoms with Gasteiger partial charge in [-0.3, -0.25) is 5.32 Å². The fraction of sp³-hybridized carbons (Fsp3) is 0.923. The highest BCUT2D eigenvalue weighted by atomic mass is 16.8. The van der Waals surface area contributed by atoms with E-state index in [1.54, 1.807) is 14.0 Å². The zero-order chi connectivity index (χ0) is 31.2. The molecule has 1 heterocycles. The zero-order valence-electron chi connectivity index (χ0n) is 24.4. The van der Waals surface area contributed by atoms with E-state index in [4.69, 9.17) is 41.9 Å². The maximum Gasteiger partial charge on any atom is 0.200 e. The Hall–Kier alpha value is -1.06. The molecule has 0 aromatic carbocycles. The Bertz CT molecular complexity index is 854. The summed E-state index contributed by atoms with van der Waals surface area (Å²) in [5.74, 6) is 0. The summed E-state index contributed by atoms with van der Waals surface area (Å²) in [7, 11) is 1.61. The van der Waals surface area contributed by atoms with E-state index in [2.05, 4.69) is 10.6 Å². The van der Waals surface area contributed by atoms with Crippen LogP contribution in [0.4, 0.5) is 0 Å². The molecule has 0 spiro atoms. The third-order valence-electron chi connectivity index (χ3n) is 8.28. The topological polar surface area (TPSA) is 286 Å². The predicted octanol–water partition coefficient (Wildman–Crippen LogP) is -4.70. The van der Waals surface area contributed by atoms with Crippen LogP contribution in [0.2, 0.25) is 0 Å². The van der Waals surface area contributed by atoms with Crippen molar-refractivity contribution >= 4 is 0 Å². The molecule has 0 aromatic rings. The van der Waals surface area contributed by atoms with Crippen LogP contribution in [-0.2, 0) is 18.9 Å². The van der Waals surface area contributed by atoms with Gasteiger partial charge in [-0.05, 0) is 39.3 Å². The lowest BCUT2D eigenvalue weighted by atomic mass is 9.85. The highest BCUT2D eigenvalue weighted by Gasteiger charge is 2.44. The Morgan fingerprint density at radius 2 is 1.74 bits per heavy atom. The Morgan fingerprint density at radius 3 is 2.36 bits per heavy atom. The van der Waals surface area contributed by atoms with Crippen LogP contribution in [0.15, 0.2) is 11.8 Å². The van der Waals surface area contributed by atoms with Gasteiger partial charge in [-0.15, -0.1) is 0 Å². The van der Waals surface area contributed by atoms with Crippen LogP contribution in [0.1, 0.15) is 45.4 Å². The SMILES string of the molecule is CNC1C(O)C[C@H](/C=C(/N)[C@H](O)O[C@@H]2C(N)C[C@@H](N)C(O)C2O)O[C@H]1O[C@H](OC(C)CO)C(O)NCC1(N)CCCC1. The van der Waals surface area contributed by atoms with Crippen molar-refractivity contribution in [1.82, 2.24) is 10.6 Å². The number of aliphatic hydroxyl groups excluding tert-OH is 6. The fourth-order valence-electron chi connectivity index (χ4n) is 5.67. The van der Waals surface area contributed by atoms with Gasteiger partial charge in [-0.1, -0.05) is 12.8 Å². The Kier molecular flexibility index (Phi) is 13.3. The van der Waals surface area contributed by atoms with E-state index < -0.39 is 85.4 Å². The molecule has 7 unspecified atom stereocenters. The number of nitrogens with two attached hydrogens (primary N) is 4. The molecule has 3 aliphatic rings. The Morgan fingerprint density at radius 1 is 1.07 bits per heavy atom. The van der Waals surface area contributed by atoms with Crippen LogP contribution in [0.25, 0.3) is 0 Å². The maximum atomic E-state index is 10.9. The molecule has 1 aliphatic heterocycles. The fourth-order valence-corrected chi connectivity index (χ4v) is 5.67. The molecule has 3 rings (SSSR count). The van der Waals surface area contributed by atoms with Gasteiger partial charge < -0.3 is 77.8 Å². The van der Waals surface area contributed by atoms with Gasteiger partial charge in [0.1, 0.15) is 12.2 Å². The molecule has 246 valence electrons. The first-order chi connectivity index (χ1) is 19.8. The second-order valence-electron chi connectivity index (χ2n) is 11.9. The monoisotopic (exact) mass is 608 g/mol. The van der Waals surface area contributed by atoms with E-state index in [-0.39, 0.29) is 25.1 Å². The number of hydrogen-bond acceptors (Lipinski definition) is 16. The smallest absolute Gasteiger partial charge is 0.200 e. The van der Waals surface area contributed by atoms with Gasteiger partial charge >= 0.3 is 0 Å². The minimum atomic E-state index is -1.72. The lowest BCUT2D eigenvalue weighted by Crippen LogP contribution is -2.62. The lowest BCUT2D eigenvalue weighted by molar-refractivity contribution is -0.316. The molecule has 16 heteroatoms. The second-order valence-corrected chi connectivity index (χ2v) is 11.9. The van der Waals surface area contributed by atoms with E-state index in [1.165, 1.54) is 6.08 Å². The molecule has 0 radical (unpaired) electrons. The van der Waals surface area contributed by atoms with Gasteiger partial charge in [0.05, 0.1) is 42.8 Å². The average molecular weight is 609 g/mol. The molecule has 16 nitrogen and oxygen atoms in total. The summed E-state index contributed by atoms with van der Waals surface area (Å²) in [6.07, 6.45) is -6.77. The van der Waals surface area contributed by atoms with Crippen molar-refractivity contribution in [2.45, 2.75) is 131 Å². The molecule has 2 saturated carbocycles. The van der Waals surface area contributed by atoms with Crippen molar-refractivity contribution in [3.05, 3.63) is 11.8 Å². The average Bonchev–Trinajstić information content (AvgIpc) is 3.38. The minimum absolute atomic E-state index is 0.0625. The molecule has 42 heavy (non-hydrogen) atoms. The first-order valence-electron chi connectivity index (χ1n) is 14.6. The molecule has 16 N–H and O–H groups in total. The number of hydrogen-bond donors (Lipinski definition) is 12. The molecule has 2 aliphatic carbocycles. The quantitative estimate of drug-likeness (QED) is 0.0825. The van der Waals surface area contributed by atoms with E-state index in [9.17, 15) is 30.6 Å². The highest BCUT2D eigenvalue weighted by Crippen LogP contribution is 2.28. The van der Waals surface area contributed by atoms with Gasteiger partial charge in [0.15, 0.2) is 25.1 Å². The summed E-state index contributed by atoms with van der Waals surface area (Å²) in [5.41, 5.74) is 23.6. The summed E-state index contributed by atoms with van der Waals surface area (Å²) < 4.78 is 23.3. The van der Waals surface area contributed by atoms with Crippen LogP contribution in [-0.4, -0.2) is 136 Å². The first kappa shape index (κ1) is 35.4. The standard InChI is InChI=1S/C26H52N6O10/c1-12(10-33)39-25(22(37)32-11-26(30)5-3-4-6-26)42-24-18(31-2)17(34)8-13(40-24)7-16(29)23(38)41-21-15(28)9-14(27)19(35)20(21)36/h7,12-15,17-25,31-38H,3-6,8-11,27-30H2,1-2H3/b16-7+/t12?,13-,14+,15?,17?,18?,19?,20?,21+,22?,23+,24-,25-/m0/s1. The Balaban J connectivity index is 1.69. The van der Waals surface area contributed by atoms with Crippen molar-refractivity contribution in [2.75, 3.05) is 20.2 Å². The third kappa shape index (κ3) is 9.23. The van der Waals surface area contributed by atoms with Crippen molar-refractivity contribution in [3.8, 4) is 0 Å². The minimum Gasteiger partial charge on any atom is -0.398 e. The molecule has 0 bridgehead atoms. The summed E-state index contributed by atoms with van der Waals surface area (Å²) >= 11 is 0. The van der Waals surface area contributed by atoms with Crippen molar-refractivity contribution in [2.24, 2.45) is 22.9 Å². The largest absolute Gasteiger partial charge is 0.398 e. The summed E-state index contributed by atoms with van der Waals surface area (Å²) in [5, 5.41) is 68.2. The molecular weight excluding hydrogens is 556 g/mol. The molecule has 0 aromatic heterocycles. The van der Waals surface area contributed by atoms with Crippen molar-refractivity contribution < 1.29 is 49.6 Å². The second kappa shape index (κ2) is 15.8. The van der Waals surface area contributed by atoms with Crippen molar-refractivity contribution in [3.63, 3.8) is 0 Å². The number of rotatable bonds is 14. The van der Waals surface area contributed by atoms with E-state index in [0.29, 0.717) is 6.54 Å². The molecule has 1 saturated heterocycles. The molecule has 0 amide bonds. The van der Waals surface area contributed by atoms with Crippen molar-refractivity contribution in [1.29, 1.82) is 0 Å². The maximum absolute atomic E-state index is 10.9.